The SMILES string of the molecule is CCC(CCCl)CNCc1c(Cl)c(C)nn1C. The van der Waals surface area contributed by atoms with Crippen molar-refractivity contribution in [2.45, 2.75) is 33.2 Å². The van der Waals surface area contributed by atoms with Crippen molar-refractivity contribution in [1.29, 1.82) is 0 Å². The molecule has 0 radical (unpaired) electrons. The lowest BCUT2D eigenvalue weighted by Gasteiger charge is -2.14. The summed E-state index contributed by atoms with van der Waals surface area (Å²) in [6.45, 7) is 5.85. The van der Waals surface area contributed by atoms with E-state index >= 15 is 0 Å². The zero-order valence-corrected chi connectivity index (χ0v) is 12.3. The van der Waals surface area contributed by atoms with E-state index < -0.39 is 0 Å². The Morgan fingerprint density at radius 2 is 2.18 bits per heavy atom. The number of rotatable bonds is 7. The first kappa shape index (κ1) is 14.8. The summed E-state index contributed by atoms with van der Waals surface area (Å²) >= 11 is 11.9. The highest BCUT2D eigenvalue weighted by atomic mass is 35.5. The Hall–Kier alpha value is -0.250. The van der Waals surface area contributed by atoms with Gasteiger partial charge in [0, 0.05) is 19.5 Å². The van der Waals surface area contributed by atoms with Crippen LogP contribution in [0.4, 0.5) is 0 Å². The molecule has 0 aromatic carbocycles. The van der Waals surface area contributed by atoms with Crippen molar-refractivity contribution in [3.8, 4) is 0 Å². The normalized spacial score (nSPS) is 13.0. The summed E-state index contributed by atoms with van der Waals surface area (Å²) in [7, 11) is 1.92. The molecule has 0 amide bonds. The lowest BCUT2D eigenvalue weighted by Crippen LogP contribution is -2.23. The second-order valence-electron chi connectivity index (χ2n) is 4.35. The van der Waals surface area contributed by atoms with Gasteiger partial charge in [-0.3, -0.25) is 4.68 Å². The predicted octanol–water partition coefficient (Wildman–Crippen LogP) is 3.13. The number of alkyl halides is 1. The molecule has 1 aromatic heterocycles. The number of nitrogens with zero attached hydrogens (tertiary/aromatic N) is 2. The molecule has 0 aliphatic heterocycles. The van der Waals surface area contributed by atoms with E-state index in [1.54, 1.807) is 0 Å². The first-order chi connectivity index (χ1) is 8.10. The van der Waals surface area contributed by atoms with Crippen LogP contribution in [0.5, 0.6) is 0 Å². The largest absolute Gasteiger partial charge is 0.311 e. The van der Waals surface area contributed by atoms with Gasteiger partial charge >= 0.3 is 0 Å². The predicted molar refractivity (Wildman–Crippen MR) is 73.8 cm³/mol. The third-order valence-electron chi connectivity index (χ3n) is 3.08. The van der Waals surface area contributed by atoms with E-state index in [1.165, 1.54) is 0 Å². The number of hydrogen-bond donors (Lipinski definition) is 1. The maximum absolute atomic E-state index is 6.18. The summed E-state index contributed by atoms with van der Waals surface area (Å²) in [4.78, 5) is 0. The summed E-state index contributed by atoms with van der Waals surface area (Å²) in [6.07, 6.45) is 2.21. The van der Waals surface area contributed by atoms with Gasteiger partial charge in [0.05, 0.1) is 16.4 Å². The van der Waals surface area contributed by atoms with E-state index in [1.807, 2.05) is 18.7 Å². The van der Waals surface area contributed by atoms with Gasteiger partial charge in [0.15, 0.2) is 0 Å². The van der Waals surface area contributed by atoms with Crippen LogP contribution < -0.4 is 5.32 Å². The van der Waals surface area contributed by atoms with Crippen molar-refractivity contribution < 1.29 is 0 Å². The highest BCUT2D eigenvalue weighted by Gasteiger charge is 2.11. The molecule has 1 aromatic rings. The Labute approximate surface area is 113 Å². The maximum atomic E-state index is 6.18. The Kier molecular flexibility index (Phi) is 6.31. The monoisotopic (exact) mass is 277 g/mol. The quantitative estimate of drug-likeness (QED) is 0.777. The minimum absolute atomic E-state index is 0.639. The molecule has 0 aliphatic carbocycles. The average Bonchev–Trinajstić information content (AvgIpc) is 2.54. The van der Waals surface area contributed by atoms with Gasteiger partial charge in [0.2, 0.25) is 0 Å². The summed E-state index contributed by atoms with van der Waals surface area (Å²) in [5.41, 5.74) is 1.93. The van der Waals surface area contributed by atoms with E-state index in [9.17, 15) is 0 Å². The van der Waals surface area contributed by atoms with Gasteiger partial charge in [-0.25, -0.2) is 0 Å². The van der Waals surface area contributed by atoms with Crippen LogP contribution in [0.2, 0.25) is 5.02 Å². The van der Waals surface area contributed by atoms with Crippen LogP contribution in [0, 0.1) is 12.8 Å². The third kappa shape index (κ3) is 4.16. The van der Waals surface area contributed by atoms with Crippen LogP contribution in [0.15, 0.2) is 0 Å². The first-order valence-corrected chi connectivity index (χ1v) is 6.96. The Bertz CT molecular complexity index is 350. The fourth-order valence-corrected chi connectivity index (χ4v) is 2.41. The molecule has 98 valence electrons. The summed E-state index contributed by atoms with van der Waals surface area (Å²) < 4.78 is 1.84. The summed E-state index contributed by atoms with van der Waals surface area (Å²) in [5, 5.41) is 8.49. The first-order valence-electron chi connectivity index (χ1n) is 6.04. The number of hydrogen-bond acceptors (Lipinski definition) is 2. The zero-order valence-electron chi connectivity index (χ0n) is 10.8. The molecular formula is C12H21Cl2N3. The molecule has 1 rings (SSSR count). The number of halogens is 2. The molecule has 1 unspecified atom stereocenters. The summed E-state index contributed by atoms with van der Waals surface area (Å²) in [5.74, 6) is 1.37. The van der Waals surface area contributed by atoms with Crippen LogP contribution >= 0.6 is 23.2 Å². The highest BCUT2D eigenvalue weighted by molar-refractivity contribution is 6.31. The Morgan fingerprint density at radius 3 is 2.65 bits per heavy atom. The molecule has 0 spiro atoms. The number of nitrogens with one attached hydrogen (secondary N) is 1. The minimum atomic E-state index is 0.639. The van der Waals surface area contributed by atoms with E-state index in [2.05, 4.69) is 17.3 Å². The molecule has 0 saturated carbocycles. The van der Waals surface area contributed by atoms with Crippen LogP contribution in [0.3, 0.4) is 0 Å². The van der Waals surface area contributed by atoms with Crippen molar-refractivity contribution in [2.24, 2.45) is 13.0 Å². The topological polar surface area (TPSA) is 29.9 Å². The second kappa shape index (κ2) is 7.24. The molecule has 3 nitrogen and oxygen atoms in total. The number of aryl methyl sites for hydroxylation is 2. The second-order valence-corrected chi connectivity index (χ2v) is 5.11. The van der Waals surface area contributed by atoms with Crippen molar-refractivity contribution in [3.05, 3.63) is 16.4 Å². The maximum Gasteiger partial charge on any atom is 0.0860 e. The van der Waals surface area contributed by atoms with Gasteiger partial charge in [-0.15, -0.1) is 11.6 Å². The van der Waals surface area contributed by atoms with Gasteiger partial charge in [0.1, 0.15) is 0 Å². The van der Waals surface area contributed by atoms with Crippen LogP contribution in [0.1, 0.15) is 31.2 Å². The van der Waals surface area contributed by atoms with E-state index in [4.69, 9.17) is 23.2 Å². The van der Waals surface area contributed by atoms with Crippen molar-refractivity contribution in [1.82, 2.24) is 15.1 Å². The lowest BCUT2D eigenvalue weighted by molar-refractivity contribution is 0.446. The third-order valence-corrected chi connectivity index (χ3v) is 3.79. The van der Waals surface area contributed by atoms with Gasteiger partial charge in [0.25, 0.3) is 0 Å². The van der Waals surface area contributed by atoms with Crippen LogP contribution in [-0.4, -0.2) is 22.2 Å². The molecule has 1 atom stereocenters. The lowest BCUT2D eigenvalue weighted by atomic mass is 10.0. The molecular weight excluding hydrogens is 257 g/mol. The molecule has 5 heteroatoms. The smallest absolute Gasteiger partial charge is 0.0860 e. The highest BCUT2D eigenvalue weighted by Crippen LogP contribution is 2.19. The van der Waals surface area contributed by atoms with Gasteiger partial charge < -0.3 is 5.32 Å². The van der Waals surface area contributed by atoms with Gasteiger partial charge in [-0.1, -0.05) is 24.9 Å². The van der Waals surface area contributed by atoms with E-state index in [0.29, 0.717) is 5.92 Å². The fourth-order valence-electron chi connectivity index (χ4n) is 1.87. The van der Waals surface area contributed by atoms with Crippen LogP contribution in [0.25, 0.3) is 0 Å². The molecule has 0 bridgehead atoms. The van der Waals surface area contributed by atoms with E-state index in [-0.39, 0.29) is 0 Å². The molecule has 0 aliphatic rings. The molecule has 0 saturated heterocycles. The molecule has 1 N–H and O–H groups in total. The standard InChI is InChI=1S/C12H21Cl2N3/c1-4-10(5-6-13)7-15-8-11-12(14)9(2)16-17(11)3/h10,15H,4-8H2,1-3H3. The fraction of sp³-hybridized carbons (Fsp3) is 0.750. The Balaban J connectivity index is 2.45. The zero-order chi connectivity index (χ0) is 12.8. The van der Waals surface area contributed by atoms with Crippen molar-refractivity contribution in [2.75, 3.05) is 12.4 Å². The minimum Gasteiger partial charge on any atom is -0.311 e. The van der Waals surface area contributed by atoms with Crippen LogP contribution in [-0.2, 0) is 13.6 Å². The van der Waals surface area contributed by atoms with Gasteiger partial charge in [-0.05, 0) is 25.8 Å². The van der Waals surface area contributed by atoms with Crippen molar-refractivity contribution >= 4 is 23.2 Å². The summed E-state index contributed by atoms with van der Waals surface area (Å²) in [6, 6.07) is 0. The average molecular weight is 278 g/mol. The number of aromatic nitrogens is 2. The van der Waals surface area contributed by atoms with Crippen molar-refractivity contribution in [3.63, 3.8) is 0 Å². The van der Waals surface area contributed by atoms with Gasteiger partial charge in [-0.2, -0.15) is 5.10 Å². The molecule has 0 fully saturated rings. The molecule has 1 heterocycles. The molecule has 17 heavy (non-hydrogen) atoms. The van der Waals surface area contributed by atoms with E-state index in [0.717, 1.165) is 48.2 Å². The Morgan fingerprint density at radius 1 is 1.47 bits per heavy atom.